The first kappa shape index (κ1) is 16.9. The van der Waals surface area contributed by atoms with Crippen molar-refractivity contribution in [1.82, 2.24) is 4.31 Å². The van der Waals surface area contributed by atoms with Gasteiger partial charge in [-0.1, -0.05) is 26.7 Å². The summed E-state index contributed by atoms with van der Waals surface area (Å²) in [5.74, 6) is 0.807. The van der Waals surface area contributed by atoms with Gasteiger partial charge < -0.3 is 5.73 Å². The summed E-state index contributed by atoms with van der Waals surface area (Å²) in [4.78, 5) is 0. The first-order valence-corrected chi connectivity index (χ1v) is 9.28. The van der Waals surface area contributed by atoms with E-state index in [9.17, 15) is 8.42 Å². The predicted molar refractivity (Wildman–Crippen MR) is 80.5 cm³/mol. The van der Waals surface area contributed by atoms with Crippen LogP contribution >= 0.6 is 0 Å². The number of sulfonamides is 1. The second-order valence-electron chi connectivity index (χ2n) is 6.04. The number of hydrogen-bond donors (Lipinski definition) is 1. The van der Waals surface area contributed by atoms with E-state index in [1.54, 1.807) is 4.31 Å². The van der Waals surface area contributed by atoms with Gasteiger partial charge in [0.2, 0.25) is 10.0 Å². The lowest BCUT2D eigenvalue weighted by atomic mass is 10.1. The molecule has 1 rings (SSSR count). The van der Waals surface area contributed by atoms with Gasteiger partial charge >= 0.3 is 0 Å². The van der Waals surface area contributed by atoms with E-state index in [0.717, 1.165) is 25.7 Å². The Morgan fingerprint density at radius 3 is 2.37 bits per heavy atom. The van der Waals surface area contributed by atoms with Crippen LogP contribution in [0, 0.1) is 5.92 Å². The molecule has 0 bridgehead atoms. The lowest BCUT2D eigenvalue weighted by Crippen LogP contribution is -2.41. The molecule has 5 heteroatoms. The van der Waals surface area contributed by atoms with Gasteiger partial charge in [0.1, 0.15) is 0 Å². The molecule has 0 heterocycles. The van der Waals surface area contributed by atoms with Crippen LogP contribution in [0.4, 0.5) is 0 Å². The fourth-order valence-electron chi connectivity index (χ4n) is 2.67. The fourth-order valence-corrected chi connectivity index (χ4v) is 4.52. The summed E-state index contributed by atoms with van der Waals surface area (Å²) in [5, 5.41) is 0. The van der Waals surface area contributed by atoms with Gasteiger partial charge in [-0.25, -0.2) is 8.42 Å². The van der Waals surface area contributed by atoms with Crippen molar-refractivity contribution in [2.75, 3.05) is 18.8 Å². The zero-order chi connectivity index (χ0) is 14.3. The Morgan fingerprint density at radius 2 is 1.84 bits per heavy atom. The van der Waals surface area contributed by atoms with Crippen LogP contribution in [0.1, 0.15) is 58.8 Å². The summed E-state index contributed by atoms with van der Waals surface area (Å²) in [5.41, 5.74) is 5.45. The predicted octanol–water partition coefficient (Wildman–Crippen LogP) is 2.35. The topological polar surface area (TPSA) is 63.4 Å². The van der Waals surface area contributed by atoms with E-state index in [1.807, 2.05) is 0 Å². The molecule has 0 aliphatic heterocycles. The maximum absolute atomic E-state index is 12.5. The van der Waals surface area contributed by atoms with Gasteiger partial charge in [-0.2, -0.15) is 4.31 Å². The molecular weight excluding hydrogens is 260 g/mol. The van der Waals surface area contributed by atoms with E-state index < -0.39 is 10.0 Å². The highest BCUT2D eigenvalue weighted by Gasteiger charge is 2.31. The van der Waals surface area contributed by atoms with Crippen LogP contribution in [0.3, 0.4) is 0 Å². The molecule has 0 aromatic carbocycles. The summed E-state index contributed by atoms with van der Waals surface area (Å²) < 4.78 is 26.8. The van der Waals surface area contributed by atoms with Gasteiger partial charge in [0, 0.05) is 12.6 Å². The van der Waals surface area contributed by atoms with E-state index in [4.69, 9.17) is 5.73 Å². The zero-order valence-corrected chi connectivity index (χ0v) is 13.3. The first-order chi connectivity index (χ1) is 8.97. The summed E-state index contributed by atoms with van der Waals surface area (Å²) in [7, 11) is -3.10. The third kappa shape index (κ3) is 5.79. The molecule has 1 aliphatic carbocycles. The van der Waals surface area contributed by atoms with Crippen molar-refractivity contribution in [3.8, 4) is 0 Å². The number of nitrogens with two attached hydrogens (primary N) is 1. The molecule has 1 fully saturated rings. The van der Waals surface area contributed by atoms with Gasteiger partial charge in [-0.3, -0.25) is 0 Å². The third-order valence-electron chi connectivity index (χ3n) is 3.87. The Balaban J connectivity index is 2.64. The fraction of sp³-hybridized carbons (Fsp3) is 1.00. The van der Waals surface area contributed by atoms with E-state index >= 15 is 0 Å². The SMILES string of the molecule is CC(C)CCN(C1CCCC1)S(=O)(=O)CCCCN. The van der Waals surface area contributed by atoms with Crippen LogP contribution in [-0.2, 0) is 10.0 Å². The van der Waals surface area contributed by atoms with Crippen LogP contribution in [0.5, 0.6) is 0 Å². The maximum atomic E-state index is 12.5. The van der Waals surface area contributed by atoms with Crippen molar-refractivity contribution >= 4 is 10.0 Å². The third-order valence-corrected chi connectivity index (χ3v) is 5.87. The number of nitrogens with zero attached hydrogens (tertiary/aromatic N) is 1. The molecule has 0 unspecified atom stereocenters. The summed E-state index contributed by atoms with van der Waals surface area (Å²) in [6.45, 7) is 5.56. The Bertz CT molecular complexity index is 335. The molecule has 0 atom stereocenters. The normalized spacial score (nSPS) is 17.7. The molecule has 4 nitrogen and oxygen atoms in total. The van der Waals surface area contributed by atoms with E-state index in [-0.39, 0.29) is 11.8 Å². The molecule has 1 saturated carbocycles. The van der Waals surface area contributed by atoms with Gasteiger partial charge in [0.15, 0.2) is 0 Å². The highest BCUT2D eigenvalue weighted by Crippen LogP contribution is 2.27. The van der Waals surface area contributed by atoms with Crippen LogP contribution in [0.25, 0.3) is 0 Å². The van der Waals surface area contributed by atoms with Crippen LogP contribution in [-0.4, -0.2) is 37.6 Å². The Kier molecular flexibility index (Phi) is 7.32. The number of rotatable bonds is 9. The smallest absolute Gasteiger partial charge is 0.214 e. The maximum Gasteiger partial charge on any atom is 0.214 e. The second-order valence-corrected chi connectivity index (χ2v) is 8.08. The Labute approximate surface area is 118 Å². The molecule has 1 aliphatic rings. The van der Waals surface area contributed by atoms with E-state index in [2.05, 4.69) is 13.8 Å². The molecule has 0 aromatic rings. The van der Waals surface area contributed by atoms with Gasteiger partial charge in [-0.15, -0.1) is 0 Å². The minimum absolute atomic E-state index is 0.252. The van der Waals surface area contributed by atoms with Crippen molar-refractivity contribution in [2.45, 2.75) is 64.8 Å². The number of hydrogen-bond acceptors (Lipinski definition) is 3. The molecule has 19 heavy (non-hydrogen) atoms. The molecule has 114 valence electrons. The first-order valence-electron chi connectivity index (χ1n) is 7.67. The standard InChI is InChI=1S/C14H30N2O2S/c1-13(2)9-11-16(14-7-3-4-8-14)19(17,18)12-6-5-10-15/h13-14H,3-12,15H2,1-2H3. The molecule has 0 spiro atoms. The van der Waals surface area contributed by atoms with Gasteiger partial charge in [0.05, 0.1) is 5.75 Å². The molecular formula is C14H30N2O2S. The summed E-state index contributed by atoms with van der Waals surface area (Å²) >= 11 is 0. The van der Waals surface area contributed by atoms with Crippen molar-refractivity contribution in [3.05, 3.63) is 0 Å². The minimum atomic E-state index is -3.10. The Morgan fingerprint density at radius 1 is 1.21 bits per heavy atom. The quantitative estimate of drug-likeness (QED) is 0.663. The molecule has 0 aromatic heterocycles. The summed E-state index contributed by atoms with van der Waals surface area (Å²) in [6.07, 6.45) is 6.84. The number of unbranched alkanes of at least 4 members (excludes halogenated alkanes) is 1. The van der Waals surface area contributed by atoms with Crippen LogP contribution in [0.15, 0.2) is 0 Å². The van der Waals surface area contributed by atoms with Crippen molar-refractivity contribution in [3.63, 3.8) is 0 Å². The molecule has 0 radical (unpaired) electrons. The van der Waals surface area contributed by atoms with Crippen molar-refractivity contribution in [2.24, 2.45) is 11.7 Å². The summed E-state index contributed by atoms with van der Waals surface area (Å²) in [6, 6.07) is 0.252. The van der Waals surface area contributed by atoms with Crippen molar-refractivity contribution in [1.29, 1.82) is 0 Å². The lowest BCUT2D eigenvalue weighted by molar-refractivity contribution is 0.304. The van der Waals surface area contributed by atoms with E-state index in [0.29, 0.717) is 25.4 Å². The Hall–Kier alpha value is -0.130. The highest BCUT2D eigenvalue weighted by atomic mass is 32.2. The second kappa shape index (κ2) is 8.22. The monoisotopic (exact) mass is 290 g/mol. The molecule has 0 saturated heterocycles. The molecule has 2 N–H and O–H groups in total. The zero-order valence-electron chi connectivity index (χ0n) is 12.5. The minimum Gasteiger partial charge on any atom is -0.330 e. The van der Waals surface area contributed by atoms with Gasteiger partial charge in [-0.05, 0) is 44.6 Å². The van der Waals surface area contributed by atoms with Crippen molar-refractivity contribution < 1.29 is 8.42 Å². The van der Waals surface area contributed by atoms with Gasteiger partial charge in [0.25, 0.3) is 0 Å². The average molecular weight is 290 g/mol. The largest absolute Gasteiger partial charge is 0.330 e. The van der Waals surface area contributed by atoms with Crippen LogP contribution in [0.2, 0.25) is 0 Å². The average Bonchev–Trinajstić information content (AvgIpc) is 2.82. The lowest BCUT2D eigenvalue weighted by Gasteiger charge is -2.28. The molecule has 0 amide bonds. The van der Waals surface area contributed by atoms with Crippen LogP contribution < -0.4 is 5.73 Å². The van der Waals surface area contributed by atoms with E-state index in [1.165, 1.54) is 12.8 Å². The highest BCUT2D eigenvalue weighted by molar-refractivity contribution is 7.89.